The van der Waals surface area contributed by atoms with Crippen molar-refractivity contribution in [3.05, 3.63) is 41.7 Å². The Morgan fingerprint density at radius 1 is 1.14 bits per heavy atom. The molecule has 3 rings (SSSR count). The van der Waals surface area contributed by atoms with E-state index in [-0.39, 0.29) is 42.6 Å². The van der Waals surface area contributed by atoms with Crippen molar-refractivity contribution in [3.8, 4) is 0 Å². The normalized spacial score (nSPS) is 11.3. The van der Waals surface area contributed by atoms with Crippen molar-refractivity contribution in [2.75, 3.05) is 30.5 Å². The van der Waals surface area contributed by atoms with Gasteiger partial charge in [0.05, 0.1) is 25.5 Å². The lowest BCUT2D eigenvalue weighted by Gasteiger charge is -2.19. The van der Waals surface area contributed by atoms with Crippen molar-refractivity contribution in [2.24, 2.45) is 0 Å². The highest BCUT2D eigenvalue weighted by atomic mass is 35.5. The fourth-order valence-corrected chi connectivity index (χ4v) is 3.12. The fraction of sp³-hybridized carbons (Fsp3) is 0.286. The van der Waals surface area contributed by atoms with Gasteiger partial charge in [0, 0.05) is 24.7 Å². The number of anilines is 3. The summed E-state index contributed by atoms with van der Waals surface area (Å²) in [6, 6.07) is 5.35. The molecule has 0 bridgehead atoms. The predicted molar refractivity (Wildman–Crippen MR) is 130 cm³/mol. The number of halogens is 1. The number of hydrogen-bond acceptors (Lipinski definition) is 11. The van der Waals surface area contributed by atoms with Crippen molar-refractivity contribution in [3.63, 3.8) is 0 Å². The molecule has 2 heterocycles. The molecule has 186 valence electrons. The molecule has 0 fully saturated rings. The van der Waals surface area contributed by atoms with E-state index in [0.717, 1.165) is 5.69 Å². The Balaban J connectivity index is 0.00000432. The first-order valence-corrected chi connectivity index (χ1v) is 10.1. The maximum Gasteiger partial charge on any atom is 0.326 e. The largest absolute Gasteiger partial charge is 0.480 e. The highest BCUT2D eigenvalue weighted by molar-refractivity contribution is 5.97. The second-order valence-electron chi connectivity index (χ2n) is 7.38. The summed E-state index contributed by atoms with van der Waals surface area (Å²) >= 11 is 0. The highest BCUT2D eigenvalue weighted by Gasteiger charge is 2.22. The summed E-state index contributed by atoms with van der Waals surface area (Å²) in [5, 5.41) is 11.7. The number of methoxy groups -OCH3 is 1. The third-order valence-electron chi connectivity index (χ3n) is 4.94. The number of benzene rings is 1. The zero-order valence-electron chi connectivity index (χ0n) is 19.0. The van der Waals surface area contributed by atoms with Gasteiger partial charge in [0.1, 0.15) is 6.04 Å². The number of carboxylic acids is 1. The summed E-state index contributed by atoms with van der Waals surface area (Å²) < 4.78 is 4.50. The van der Waals surface area contributed by atoms with E-state index >= 15 is 0 Å². The fourth-order valence-electron chi connectivity index (χ4n) is 3.12. The Morgan fingerprint density at radius 2 is 1.83 bits per heavy atom. The van der Waals surface area contributed by atoms with Crippen LogP contribution in [0.3, 0.4) is 0 Å². The van der Waals surface area contributed by atoms with E-state index in [0.29, 0.717) is 23.4 Å². The van der Waals surface area contributed by atoms with E-state index in [4.69, 9.17) is 11.5 Å². The van der Waals surface area contributed by atoms with E-state index in [9.17, 15) is 19.5 Å². The van der Waals surface area contributed by atoms with Gasteiger partial charge in [-0.3, -0.25) is 9.59 Å². The molecule has 13 nitrogen and oxygen atoms in total. The maximum atomic E-state index is 12.5. The number of rotatable bonds is 9. The van der Waals surface area contributed by atoms with Crippen molar-refractivity contribution in [2.45, 2.75) is 25.4 Å². The molecule has 0 aliphatic carbocycles. The molecule has 35 heavy (non-hydrogen) atoms. The minimum Gasteiger partial charge on any atom is -0.480 e. The van der Waals surface area contributed by atoms with E-state index in [1.165, 1.54) is 7.11 Å². The number of aromatic nitrogens is 4. The second kappa shape index (κ2) is 11.7. The number of hydrogen-bond donors (Lipinski definition) is 4. The topological polar surface area (TPSA) is 200 Å². The summed E-state index contributed by atoms with van der Waals surface area (Å²) in [5.74, 6) is -2.20. The zero-order chi connectivity index (χ0) is 24.8. The monoisotopic (exact) mass is 504 g/mol. The summed E-state index contributed by atoms with van der Waals surface area (Å²) in [7, 11) is 3.04. The molecule has 3 aromatic rings. The predicted octanol–water partition coefficient (Wildman–Crippen LogP) is 0.779. The van der Waals surface area contributed by atoms with E-state index in [1.807, 2.05) is 11.9 Å². The minimum absolute atomic E-state index is 0. The van der Waals surface area contributed by atoms with Gasteiger partial charge in [0.15, 0.2) is 17.0 Å². The first-order chi connectivity index (χ1) is 16.2. The first-order valence-electron chi connectivity index (χ1n) is 10.1. The second-order valence-corrected chi connectivity index (χ2v) is 7.38. The van der Waals surface area contributed by atoms with Gasteiger partial charge in [0.25, 0.3) is 5.91 Å². The Bertz CT molecular complexity index is 1220. The molecule has 0 aliphatic rings. The number of aliphatic carboxylic acids is 1. The molecular formula is C21H25ClN8O5. The van der Waals surface area contributed by atoms with Gasteiger partial charge in [-0.2, -0.15) is 9.97 Å². The molecule has 0 unspecified atom stereocenters. The molecule has 14 heteroatoms. The van der Waals surface area contributed by atoms with Crippen LogP contribution >= 0.6 is 12.4 Å². The van der Waals surface area contributed by atoms with E-state index < -0.39 is 23.9 Å². The summed E-state index contributed by atoms with van der Waals surface area (Å²) in [4.78, 5) is 53.6. The third-order valence-corrected chi connectivity index (χ3v) is 4.94. The van der Waals surface area contributed by atoms with Crippen molar-refractivity contribution in [1.29, 1.82) is 0 Å². The SMILES string of the molecule is COC(=O)CC[C@H](NC(=O)c1ccc(N(C)Cc2cnc3nc(N)nc(N)c3n2)cc1)C(=O)O.Cl. The lowest BCUT2D eigenvalue weighted by atomic mass is 10.1. The molecule has 0 radical (unpaired) electrons. The van der Waals surface area contributed by atoms with Crippen LogP contribution in [-0.2, 0) is 20.9 Å². The van der Waals surface area contributed by atoms with Gasteiger partial charge in [-0.15, -0.1) is 12.4 Å². The quantitative estimate of drug-likeness (QED) is 0.299. The Morgan fingerprint density at radius 3 is 2.46 bits per heavy atom. The number of nitrogens with zero attached hydrogens (tertiary/aromatic N) is 5. The lowest BCUT2D eigenvalue weighted by Crippen LogP contribution is -2.41. The highest BCUT2D eigenvalue weighted by Crippen LogP contribution is 2.19. The molecule has 0 saturated heterocycles. The molecule has 0 spiro atoms. The molecule has 0 aliphatic heterocycles. The van der Waals surface area contributed by atoms with Crippen LogP contribution in [0.15, 0.2) is 30.5 Å². The molecular weight excluding hydrogens is 480 g/mol. The first kappa shape index (κ1) is 27.0. The van der Waals surface area contributed by atoms with E-state index in [1.54, 1.807) is 30.5 Å². The van der Waals surface area contributed by atoms with Gasteiger partial charge >= 0.3 is 11.9 Å². The molecule has 0 saturated carbocycles. The van der Waals surface area contributed by atoms with Crippen LogP contribution in [0.4, 0.5) is 17.5 Å². The summed E-state index contributed by atoms with van der Waals surface area (Å²) in [6.07, 6.45) is 1.36. The van der Waals surface area contributed by atoms with Gasteiger partial charge < -0.3 is 31.5 Å². The number of amides is 1. The number of ether oxygens (including phenoxy) is 1. The van der Waals surface area contributed by atoms with Crippen LogP contribution in [0.2, 0.25) is 0 Å². The van der Waals surface area contributed by atoms with Crippen LogP contribution in [-0.4, -0.2) is 63.1 Å². The average molecular weight is 505 g/mol. The number of fused-ring (bicyclic) bond motifs is 1. The molecule has 1 amide bonds. The number of nitrogens with one attached hydrogen (secondary N) is 1. The molecule has 1 atom stereocenters. The summed E-state index contributed by atoms with van der Waals surface area (Å²) in [6.45, 7) is 0.382. The standard InChI is InChI=1S/C21H24N8O5.ClH/c1-29(10-12-9-24-18-16(25-12)17(22)27-21(23)28-18)13-5-3-11(4-6-13)19(31)26-14(20(32)33)7-8-15(30)34-2;/h3-6,9,14H,7-8,10H2,1-2H3,(H,26,31)(H,32,33)(H4,22,23,24,27,28);1H/t14-;/m0./s1. The van der Waals surface area contributed by atoms with Crippen molar-refractivity contribution < 1.29 is 24.2 Å². The molecule has 1 aromatic carbocycles. The number of esters is 1. The average Bonchev–Trinajstić information content (AvgIpc) is 2.81. The molecule has 2 aromatic heterocycles. The Labute approximate surface area is 206 Å². The molecule has 6 N–H and O–H groups in total. The maximum absolute atomic E-state index is 12.5. The van der Waals surface area contributed by atoms with Gasteiger partial charge in [-0.05, 0) is 30.7 Å². The van der Waals surface area contributed by atoms with Gasteiger partial charge in [-0.25, -0.2) is 14.8 Å². The zero-order valence-corrected chi connectivity index (χ0v) is 19.8. The van der Waals surface area contributed by atoms with Gasteiger partial charge in [-0.1, -0.05) is 0 Å². The third kappa shape index (κ3) is 6.86. The number of carbonyl (C=O) groups is 3. The number of nitrogen functional groups attached to an aromatic ring is 2. The smallest absolute Gasteiger partial charge is 0.326 e. The summed E-state index contributed by atoms with van der Waals surface area (Å²) in [5.41, 5.74) is 13.8. The van der Waals surface area contributed by atoms with Crippen LogP contribution in [0.5, 0.6) is 0 Å². The lowest BCUT2D eigenvalue weighted by molar-refractivity contribution is -0.142. The van der Waals surface area contributed by atoms with Gasteiger partial charge in [0.2, 0.25) is 5.95 Å². The number of carbonyl (C=O) groups excluding carboxylic acids is 2. The van der Waals surface area contributed by atoms with Crippen LogP contribution < -0.4 is 21.7 Å². The van der Waals surface area contributed by atoms with Crippen LogP contribution in [0.1, 0.15) is 28.9 Å². The van der Waals surface area contributed by atoms with Crippen LogP contribution in [0, 0.1) is 0 Å². The van der Waals surface area contributed by atoms with Crippen LogP contribution in [0.25, 0.3) is 11.2 Å². The number of nitrogens with two attached hydrogens (primary N) is 2. The van der Waals surface area contributed by atoms with Crippen molar-refractivity contribution >= 4 is 58.9 Å². The Kier molecular flexibility index (Phi) is 9.05. The van der Waals surface area contributed by atoms with E-state index in [2.05, 4.69) is 30.0 Å². The Hall–Kier alpha value is -4.26. The minimum atomic E-state index is -1.24. The van der Waals surface area contributed by atoms with Crippen molar-refractivity contribution in [1.82, 2.24) is 25.3 Å². The number of carboxylic acid groups (broad SMARTS) is 1.